The highest BCUT2D eigenvalue weighted by Gasteiger charge is 2.04. The lowest BCUT2D eigenvalue weighted by Gasteiger charge is -2.05. The summed E-state index contributed by atoms with van der Waals surface area (Å²) in [7, 11) is 0. The van der Waals surface area contributed by atoms with Crippen molar-refractivity contribution in [3.8, 4) is 0 Å². The fraction of sp³-hybridized carbons (Fsp3) is 0.182. The van der Waals surface area contributed by atoms with Gasteiger partial charge < -0.3 is 5.32 Å². The summed E-state index contributed by atoms with van der Waals surface area (Å²) in [6, 6.07) is 6.59. The molecule has 4 nitrogen and oxygen atoms in total. The topological polar surface area (TPSA) is 50.7 Å². The Labute approximate surface area is 113 Å². The zero-order chi connectivity index (χ0) is 13.0. The van der Waals surface area contributed by atoms with Crippen LogP contribution < -0.4 is 5.32 Å². The van der Waals surface area contributed by atoms with Gasteiger partial charge in [-0.05, 0) is 41.3 Å². The Bertz CT molecular complexity index is 530. The zero-order valence-electron chi connectivity index (χ0n) is 9.20. The third-order valence-corrected chi connectivity index (χ3v) is 2.55. The quantitative estimate of drug-likeness (QED) is 0.939. The predicted molar refractivity (Wildman–Crippen MR) is 68.4 cm³/mol. The molecule has 0 amide bonds. The number of nitrogens with zero attached hydrogens (tertiary/aromatic N) is 3. The maximum absolute atomic E-state index is 13.3. The van der Waals surface area contributed by atoms with Gasteiger partial charge in [0.05, 0.1) is 0 Å². The minimum absolute atomic E-state index is 0.0170. The van der Waals surface area contributed by atoms with Crippen molar-refractivity contribution in [2.24, 2.45) is 0 Å². The lowest BCUT2D eigenvalue weighted by atomic mass is 10.1. The molecular weight excluding hydrogens is 278 g/mol. The third kappa shape index (κ3) is 3.51. The lowest BCUT2D eigenvalue weighted by Crippen LogP contribution is -2.09. The predicted octanol–water partition coefficient (Wildman–Crippen LogP) is 2.97. The van der Waals surface area contributed by atoms with Gasteiger partial charge in [-0.3, -0.25) is 0 Å². The Morgan fingerprint density at radius 3 is 2.39 bits per heavy atom. The van der Waals surface area contributed by atoms with Crippen LogP contribution in [-0.2, 0) is 6.42 Å². The first-order valence-electron chi connectivity index (χ1n) is 5.19. The van der Waals surface area contributed by atoms with Gasteiger partial charge in [-0.1, -0.05) is 18.2 Å². The van der Waals surface area contributed by atoms with E-state index in [2.05, 4.69) is 20.3 Å². The number of hydrogen-bond acceptors (Lipinski definition) is 4. The van der Waals surface area contributed by atoms with Gasteiger partial charge in [0, 0.05) is 6.54 Å². The Balaban J connectivity index is 1.94. The molecule has 0 saturated heterocycles. The van der Waals surface area contributed by atoms with E-state index < -0.39 is 0 Å². The molecule has 0 aliphatic heterocycles. The Morgan fingerprint density at radius 1 is 1.06 bits per heavy atom. The lowest BCUT2D eigenvalue weighted by molar-refractivity contribution is 0.610. The van der Waals surface area contributed by atoms with Crippen LogP contribution >= 0.6 is 23.2 Å². The van der Waals surface area contributed by atoms with Crippen LogP contribution in [0.2, 0.25) is 10.6 Å². The van der Waals surface area contributed by atoms with Crippen LogP contribution in [-0.4, -0.2) is 21.5 Å². The van der Waals surface area contributed by atoms with Crippen molar-refractivity contribution in [2.75, 3.05) is 11.9 Å². The molecule has 0 aliphatic carbocycles. The van der Waals surface area contributed by atoms with E-state index in [1.165, 1.54) is 6.07 Å². The summed E-state index contributed by atoms with van der Waals surface area (Å²) in [4.78, 5) is 11.3. The summed E-state index contributed by atoms with van der Waals surface area (Å²) in [5.74, 6) is 0.0438. The van der Waals surface area contributed by atoms with E-state index in [-0.39, 0.29) is 22.3 Å². The summed E-state index contributed by atoms with van der Waals surface area (Å²) in [5, 5.41) is 2.94. The van der Waals surface area contributed by atoms with E-state index in [0.717, 1.165) is 0 Å². The summed E-state index contributed by atoms with van der Waals surface area (Å²) >= 11 is 11.2. The Kier molecular flexibility index (Phi) is 4.28. The molecule has 94 valence electrons. The van der Waals surface area contributed by atoms with Gasteiger partial charge >= 0.3 is 0 Å². The molecule has 1 aromatic carbocycles. The highest BCUT2D eigenvalue weighted by atomic mass is 35.5. The summed E-state index contributed by atoms with van der Waals surface area (Å²) in [6.07, 6.45) is 0.508. The van der Waals surface area contributed by atoms with E-state index in [1.807, 2.05) is 0 Å². The van der Waals surface area contributed by atoms with Crippen molar-refractivity contribution in [3.63, 3.8) is 0 Å². The van der Waals surface area contributed by atoms with Gasteiger partial charge in [-0.15, -0.1) is 0 Å². The van der Waals surface area contributed by atoms with Crippen molar-refractivity contribution in [1.29, 1.82) is 0 Å². The van der Waals surface area contributed by atoms with Crippen LogP contribution in [0.4, 0.5) is 10.3 Å². The van der Waals surface area contributed by atoms with Crippen molar-refractivity contribution in [3.05, 3.63) is 46.2 Å². The Morgan fingerprint density at radius 2 is 1.72 bits per heavy atom. The van der Waals surface area contributed by atoms with Crippen LogP contribution in [0.15, 0.2) is 24.3 Å². The van der Waals surface area contributed by atoms with Crippen molar-refractivity contribution in [2.45, 2.75) is 6.42 Å². The number of nitrogens with one attached hydrogen (secondary N) is 1. The largest absolute Gasteiger partial charge is 0.354 e. The molecule has 0 bridgehead atoms. The Hall–Kier alpha value is -1.46. The van der Waals surface area contributed by atoms with Crippen LogP contribution in [0.5, 0.6) is 0 Å². The molecule has 1 N–H and O–H groups in total. The second kappa shape index (κ2) is 5.93. The molecule has 7 heteroatoms. The highest BCUT2D eigenvalue weighted by Crippen LogP contribution is 2.10. The molecule has 0 radical (unpaired) electrons. The van der Waals surface area contributed by atoms with Crippen LogP contribution in [0.25, 0.3) is 0 Å². The number of aromatic nitrogens is 3. The number of hydrogen-bond donors (Lipinski definition) is 1. The first kappa shape index (κ1) is 13.0. The van der Waals surface area contributed by atoms with Crippen LogP contribution in [0.3, 0.4) is 0 Å². The van der Waals surface area contributed by atoms with Gasteiger partial charge in [0.15, 0.2) is 0 Å². The molecule has 0 fully saturated rings. The summed E-state index contributed by atoms with van der Waals surface area (Å²) < 4.78 is 13.3. The van der Waals surface area contributed by atoms with Crippen LogP contribution in [0.1, 0.15) is 5.56 Å². The van der Waals surface area contributed by atoms with Gasteiger partial charge in [0.2, 0.25) is 16.5 Å². The molecule has 1 aromatic heterocycles. The minimum Gasteiger partial charge on any atom is -0.354 e. The van der Waals surface area contributed by atoms with Crippen molar-refractivity contribution < 1.29 is 4.39 Å². The first-order chi connectivity index (χ1) is 8.65. The summed E-state index contributed by atoms with van der Waals surface area (Å²) in [6.45, 7) is 0.470. The second-order valence-electron chi connectivity index (χ2n) is 3.47. The maximum atomic E-state index is 13.3. The molecule has 2 aromatic rings. The van der Waals surface area contributed by atoms with E-state index in [9.17, 15) is 4.39 Å². The average molecular weight is 287 g/mol. The van der Waals surface area contributed by atoms with Gasteiger partial charge in [-0.25, -0.2) is 4.39 Å². The number of anilines is 1. The first-order valence-corrected chi connectivity index (χ1v) is 5.95. The number of rotatable bonds is 4. The van der Waals surface area contributed by atoms with Gasteiger partial charge in [-0.2, -0.15) is 15.0 Å². The van der Waals surface area contributed by atoms with Gasteiger partial charge in [0.25, 0.3) is 0 Å². The van der Waals surface area contributed by atoms with Crippen molar-refractivity contribution >= 4 is 29.2 Å². The molecule has 1 heterocycles. The molecule has 0 spiro atoms. The van der Waals surface area contributed by atoms with E-state index in [1.54, 1.807) is 18.2 Å². The molecule has 18 heavy (non-hydrogen) atoms. The average Bonchev–Trinajstić information content (AvgIpc) is 2.30. The smallest absolute Gasteiger partial charge is 0.228 e. The molecule has 0 aliphatic rings. The SMILES string of the molecule is Fc1ccccc1CCNc1nc(Cl)nc(Cl)n1. The third-order valence-electron chi connectivity index (χ3n) is 2.22. The monoisotopic (exact) mass is 286 g/mol. The molecule has 0 saturated carbocycles. The van der Waals surface area contributed by atoms with Gasteiger partial charge in [0.1, 0.15) is 5.82 Å². The minimum atomic E-state index is -0.231. The van der Waals surface area contributed by atoms with E-state index in [0.29, 0.717) is 18.5 Å². The molecule has 2 rings (SSSR count). The molecule has 0 unspecified atom stereocenters. The zero-order valence-corrected chi connectivity index (χ0v) is 10.7. The highest BCUT2D eigenvalue weighted by molar-refractivity contribution is 6.31. The fourth-order valence-electron chi connectivity index (χ4n) is 1.42. The fourth-order valence-corrected chi connectivity index (χ4v) is 1.78. The maximum Gasteiger partial charge on any atom is 0.228 e. The number of halogens is 3. The summed E-state index contributed by atoms with van der Waals surface area (Å²) in [5.41, 5.74) is 0.622. The van der Waals surface area contributed by atoms with Crippen molar-refractivity contribution in [1.82, 2.24) is 15.0 Å². The standard InChI is InChI=1S/C11H9Cl2FN4/c12-9-16-10(13)18-11(17-9)15-6-5-7-3-1-2-4-8(7)14/h1-4H,5-6H2,(H,15,16,17,18). The normalized spacial score (nSPS) is 10.4. The number of benzene rings is 1. The second-order valence-corrected chi connectivity index (χ2v) is 4.14. The van der Waals surface area contributed by atoms with Crippen LogP contribution in [0, 0.1) is 5.82 Å². The van der Waals surface area contributed by atoms with E-state index in [4.69, 9.17) is 23.2 Å². The molecular formula is C11H9Cl2FN4. The molecule has 0 atom stereocenters. The van der Waals surface area contributed by atoms with E-state index >= 15 is 0 Å².